The van der Waals surface area contributed by atoms with Gasteiger partial charge in [-0.05, 0) is 13.8 Å². The topological polar surface area (TPSA) is 94.3 Å². The normalized spacial score (nSPS) is 23.4. The molecule has 1 aromatic rings. The standard InChI is InChI=1S/C11H19N3O4S/c1-11(2,17-3)10-13-9(18-14-10)6-8-7-19(15,16)5-4-12-8/h8,12H,4-7H2,1-3H3. The second kappa shape index (κ2) is 5.18. The van der Waals surface area contributed by atoms with Gasteiger partial charge in [0.25, 0.3) is 0 Å². The van der Waals surface area contributed by atoms with E-state index in [2.05, 4.69) is 15.5 Å². The average molecular weight is 289 g/mol. The maximum absolute atomic E-state index is 11.5. The molecule has 0 saturated carbocycles. The van der Waals surface area contributed by atoms with Gasteiger partial charge in [-0.15, -0.1) is 0 Å². The van der Waals surface area contributed by atoms with Crippen LogP contribution < -0.4 is 5.32 Å². The maximum atomic E-state index is 11.5. The number of ether oxygens (including phenoxy) is 1. The average Bonchev–Trinajstić information content (AvgIpc) is 2.77. The first-order valence-corrected chi connectivity index (χ1v) is 7.96. The first-order chi connectivity index (χ1) is 8.82. The highest BCUT2D eigenvalue weighted by molar-refractivity contribution is 7.91. The molecule has 2 heterocycles. The molecule has 108 valence electrons. The molecule has 19 heavy (non-hydrogen) atoms. The molecule has 1 aliphatic rings. The highest BCUT2D eigenvalue weighted by atomic mass is 32.2. The summed E-state index contributed by atoms with van der Waals surface area (Å²) < 4.78 is 33.5. The van der Waals surface area contributed by atoms with Crippen molar-refractivity contribution in [2.45, 2.75) is 31.9 Å². The highest BCUT2D eigenvalue weighted by Gasteiger charge is 2.29. The Morgan fingerprint density at radius 3 is 2.89 bits per heavy atom. The third-order valence-electron chi connectivity index (χ3n) is 3.24. The molecule has 1 unspecified atom stereocenters. The summed E-state index contributed by atoms with van der Waals surface area (Å²) in [6.07, 6.45) is 0.409. The molecule has 2 rings (SSSR count). The lowest BCUT2D eigenvalue weighted by atomic mass is 10.1. The molecule has 0 aromatic carbocycles. The first-order valence-electron chi connectivity index (χ1n) is 6.14. The van der Waals surface area contributed by atoms with Crippen molar-refractivity contribution in [3.8, 4) is 0 Å². The molecule has 0 radical (unpaired) electrons. The lowest BCUT2D eigenvalue weighted by Gasteiger charge is -2.22. The zero-order valence-electron chi connectivity index (χ0n) is 11.3. The molecule has 1 fully saturated rings. The number of hydrogen-bond acceptors (Lipinski definition) is 7. The molecule has 0 aliphatic carbocycles. The van der Waals surface area contributed by atoms with Crippen molar-refractivity contribution in [3.63, 3.8) is 0 Å². The SMILES string of the molecule is COC(C)(C)c1noc(CC2CS(=O)(=O)CCN2)n1. The zero-order valence-corrected chi connectivity index (χ0v) is 12.2. The molecule has 0 amide bonds. The molecule has 1 aliphatic heterocycles. The van der Waals surface area contributed by atoms with Gasteiger partial charge in [0.2, 0.25) is 11.7 Å². The Morgan fingerprint density at radius 1 is 1.53 bits per heavy atom. The molecule has 0 bridgehead atoms. The Bertz CT molecular complexity index is 538. The van der Waals surface area contributed by atoms with Gasteiger partial charge in [-0.1, -0.05) is 5.16 Å². The summed E-state index contributed by atoms with van der Waals surface area (Å²) in [4.78, 5) is 4.26. The largest absolute Gasteiger partial charge is 0.371 e. The Morgan fingerprint density at radius 2 is 2.26 bits per heavy atom. The van der Waals surface area contributed by atoms with Crippen LogP contribution in [-0.2, 0) is 26.6 Å². The maximum Gasteiger partial charge on any atom is 0.228 e. The van der Waals surface area contributed by atoms with E-state index in [0.29, 0.717) is 24.7 Å². The highest BCUT2D eigenvalue weighted by Crippen LogP contribution is 2.20. The van der Waals surface area contributed by atoms with Crippen LogP contribution in [0.3, 0.4) is 0 Å². The van der Waals surface area contributed by atoms with Crippen LogP contribution in [0, 0.1) is 0 Å². The Kier molecular flexibility index (Phi) is 3.93. The molecule has 7 nitrogen and oxygen atoms in total. The van der Waals surface area contributed by atoms with Gasteiger partial charge in [-0.25, -0.2) is 8.42 Å². The third kappa shape index (κ3) is 3.52. The van der Waals surface area contributed by atoms with Crippen molar-refractivity contribution in [2.75, 3.05) is 25.2 Å². The second-order valence-corrected chi connectivity index (χ2v) is 7.42. The molecular formula is C11H19N3O4S. The van der Waals surface area contributed by atoms with E-state index in [0.717, 1.165) is 0 Å². The number of nitrogens with one attached hydrogen (secondary N) is 1. The van der Waals surface area contributed by atoms with E-state index >= 15 is 0 Å². The van der Waals surface area contributed by atoms with Crippen molar-refractivity contribution in [2.24, 2.45) is 0 Å². The van der Waals surface area contributed by atoms with Gasteiger partial charge in [0.05, 0.1) is 11.5 Å². The lowest BCUT2D eigenvalue weighted by Crippen LogP contribution is -2.46. The fourth-order valence-electron chi connectivity index (χ4n) is 1.88. The molecule has 1 atom stereocenters. The van der Waals surface area contributed by atoms with Crippen molar-refractivity contribution >= 4 is 9.84 Å². The number of aromatic nitrogens is 2. The van der Waals surface area contributed by atoms with Crippen LogP contribution >= 0.6 is 0 Å². The summed E-state index contributed by atoms with van der Waals surface area (Å²) in [6.45, 7) is 4.15. The van der Waals surface area contributed by atoms with E-state index in [1.807, 2.05) is 13.8 Å². The van der Waals surface area contributed by atoms with Crippen LogP contribution in [0.2, 0.25) is 0 Å². The number of methoxy groups -OCH3 is 1. The number of nitrogens with zero attached hydrogens (tertiary/aromatic N) is 2. The van der Waals surface area contributed by atoms with Gasteiger partial charge in [-0.3, -0.25) is 0 Å². The molecule has 8 heteroatoms. The molecule has 1 saturated heterocycles. The molecule has 1 aromatic heterocycles. The fraction of sp³-hybridized carbons (Fsp3) is 0.818. The summed E-state index contributed by atoms with van der Waals surface area (Å²) in [5, 5.41) is 7.02. The van der Waals surface area contributed by atoms with Crippen LogP contribution in [0.25, 0.3) is 0 Å². The van der Waals surface area contributed by atoms with Gasteiger partial charge in [0.1, 0.15) is 5.60 Å². The summed E-state index contributed by atoms with van der Waals surface area (Å²) in [5.41, 5.74) is -0.617. The fourth-order valence-corrected chi connectivity index (χ4v) is 3.33. The Labute approximate surface area is 112 Å². The minimum absolute atomic E-state index is 0.110. The van der Waals surface area contributed by atoms with Gasteiger partial charge in [-0.2, -0.15) is 4.98 Å². The minimum atomic E-state index is -2.96. The first kappa shape index (κ1) is 14.4. The predicted octanol–water partition coefficient (Wildman–Crippen LogP) is -0.120. The summed E-state index contributed by atoms with van der Waals surface area (Å²) in [5.74, 6) is 1.19. The second-order valence-electron chi connectivity index (χ2n) is 5.20. The monoisotopic (exact) mass is 289 g/mol. The van der Waals surface area contributed by atoms with Gasteiger partial charge in [0, 0.05) is 26.1 Å². The minimum Gasteiger partial charge on any atom is -0.371 e. The number of hydrogen-bond donors (Lipinski definition) is 1. The van der Waals surface area contributed by atoms with Crippen molar-refractivity contribution in [3.05, 3.63) is 11.7 Å². The van der Waals surface area contributed by atoms with E-state index in [4.69, 9.17) is 9.26 Å². The quantitative estimate of drug-likeness (QED) is 0.825. The predicted molar refractivity (Wildman–Crippen MR) is 68.5 cm³/mol. The lowest BCUT2D eigenvalue weighted by molar-refractivity contribution is 0.00973. The third-order valence-corrected chi connectivity index (χ3v) is 4.98. The van der Waals surface area contributed by atoms with Crippen LogP contribution in [0.5, 0.6) is 0 Å². The number of rotatable bonds is 4. The molecule has 0 spiro atoms. The Hall–Kier alpha value is -0.990. The summed E-state index contributed by atoms with van der Waals surface area (Å²) in [6, 6.07) is -0.169. The van der Waals surface area contributed by atoms with Crippen molar-refractivity contribution < 1.29 is 17.7 Å². The van der Waals surface area contributed by atoms with Crippen molar-refractivity contribution in [1.82, 2.24) is 15.5 Å². The van der Waals surface area contributed by atoms with Gasteiger partial charge >= 0.3 is 0 Å². The van der Waals surface area contributed by atoms with Crippen molar-refractivity contribution in [1.29, 1.82) is 0 Å². The van der Waals surface area contributed by atoms with E-state index in [1.54, 1.807) is 7.11 Å². The van der Waals surface area contributed by atoms with E-state index < -0.39 is 15.4 Å². The van der Waals surface area contributed by atoms with Crippen LogP contribution in [0.1, 0.15) is 25.6 Å². The van der Waals surface area contributed by atoms with Gasteiger partial charge < -0.3 is 14.6 Å². The van der Waals surface area contributed by atoms with E-state index in [1.165, 1.54) is 0 Å². The van der Waals surface area contributed by atoms with Crippen LogP contribution in [0.15, 0.2) is 4.52 Å². The van der Waals surface area contributed by atoms with Crippen LogP contribution in [0.4, 0.5) is 0 Å². The van der Waals surface area contributed by atoms with E-state index in [9.17, 15) is 8.42 Å². The summed E-state index contributed by atoms with van der Waals surface area (Å²) >= 11 is 0. The number of sulfone groups is 1. The zero-order chi connectivity index (χ0) is 14.1. The Balaban J connectivity index is 2.04. The molecular weight excluding hydrogens is 270 g/mol. The van der Waals surface area contributed by atoms with Crippen LogP contribution in [-0.4, -0.2) is 49.8 Å². The smallest absolute Gasteiger partial charge is 0.228 e. The summed E-state index contributed by atoms with van der Waals surface area (Å²) in [7, 11) is -1.38. The van der Waals surface area contributed by atoms with E-state index in [-0.39, 0.29) is 17.5 Å². The van der Waals surface area contributed by atoms with Gasteiger partial charge in [0.15, 0.2) is 9.84 Å². The molecule has 1 N–H and O–H groups in total.